The highest BCUT2D eigenvalue weighted by atomic mass is 16.7. The van der Waals surface area contributed by atoms with E-state index in [-0.39, 0.29) is 53.4 Å². The maximum Gasteiger partial charge on any atom is 0.407 e. The Morgan fingerprint density at radius 2 is 1.39 bits per heavy atom. The van der Waals surface area contributed by atoms with Gasteiger partial charge in [-0.2, -0.15) is 0 Å². The number of ether oxygens (including phenoxy) is 4. The minimum Gasteiger partial charge on any atom is -0.454 e. The summed E-state index contributed by atoms with van der Waals surface area (Å²) in [6.07, 6.45) is 1.44. The molecule has 4 amide bonds. The summed E-state index contributed by atoms with van der Waals surface area (Å²) in [6.45, 7) is 10.9. The summed E-state index contributed by atoms with van der Waals surface area (Å²) < 4.78 is 26.7. The third-order valence-corrected chi connectivity index (χ3v) is 11.7. The number of fused-ring (bicyclic) bond motifs is 1. The first-order valence-electron chi connectivity index (χ1n) is 24.1. The van der Waals surface area contributed by atoms with Crippen molar-refractivity contribution >= 4 is 35.0 Å². The molecule has 3 fully saturated rings. The molecule has 6 heterocycles. The van der Waals surface area contributed by atoms with Crippen LogP contribution in [0.25, 0.3) is 44.8 Å². The lowest BCUT2D eigenvalue weighted by molar-refractivity contribution is -0.277. The molecule has 0 saturated carbocycles. The molecule has 0 spiro atoms. The number of H-pyrrole nitrogens is 2. The Morgan fingerprint density at radius 3 is 1.97 bits per heavy atom. The first-order chi connectivity index (χ1) is 34.6. The Morgan fingerprint density at radius 1 is 0.792 bits per heavy atom. The number of alkyl carbamates (subject to hydrolysis) is 2. The summed E-state index contributed by atoms with van der Waals surface area (Å²) in [5.74, 6) is -0.121. The van der Waals surface area contributed by atoms with Crippen molar-refractivity contribution in [3.05, 3.63) is 77.2 Å². The number of aliphatic hydroxyl groups is 4. The topological polar surface area (TPSA) is 304 Å². The predicted octanol–water partition coefficient (Wildman–Crippen LogP) is 4.62. The van der Waals surface area contributed by atoms with Gasteiger partial charge in [-0.3, -0.25) is 14.4 Å². The average molecular weight is 1010 g/mol. The molecule has 392 valence electrons. The van der Waals surface area contributed by atoms with Gasteiger partial charge in [-0.25, -0.2) is 19.6 Å². The molecule has 5 aromatic rings. The first kappa shape index (κ1) is 56.1. The van der Waals surface area contributed by atoms with Gasteiger partial charge in [0.05, 0.1) is 62.4 Å². The van der Waals surface area contributed by atoms with Crippen LogP contribution in [0.2, 0.25) is 0 Å². The van der Waals surface area contributed by atoms with Crippen molar-refractivity contribution in [3.63, 3.8) is 0 Å². The Labute approximate surface area is 417 Å². The molecular formula is C50H68N8O14. The number of rotatable bonds is 11. The molecule has 3 aliphatic rings. The fraction of sp³-hybridized carbons (Fsp3) is 0.500. The summed E-state index contributed by atoms with van der Waals surface area (Å²) in [4.78, 5) is 79.2. The number of nitrogens with one attached hydrogen (secondary N) is 4. The lowest BCUT2D eigenvalue weighted by atomic mass is 9.99. The Kier molecular flexibility index (Phi) is 21.1. The zero-order valence-electron chi connectivity index (χ0n) is 41.8. The van der Waals surface area contributed by atoms with Gasteiger partial charge in [0.15, 0.2) is 5.76 Å². The minimum absolute atomic E-state index is 0.00915. The number of likely N-dealkylation sites (tertiary alicyclic amines) is 2. The van der Waals surface area contributed by atoms with E-state index in [9.17, 15) is 44.4 Å². The molecule has 22 heteroatoms. The third-order valence-electron chi connectivity index (χ3n) is 11.7. The van der Waals surface area contributed by atoms with Gasteiger partial charge < -0.3 is 74.2 Å². The molecule has 7 atom stereocenters. The van der Waals surface area contributed by atoms with Crippen LogP contribution in [0, 0.1) is 0 Å². The Hall–Kier alpha value is -6.85. The minimum atomic E-state index is -1.78. The quantitative estimate of drug-likeness (QED) is 0.0895. The second kappa shape index (κ2) is 27.1. The summed E-state index contributed by atoms with van der Waals surface area (Å²) in [6, 6.07) is 11.9. The molecule has 72 heavy (non-hydrogen) atoms. The molecule has 5 unspecified atom stereocenters. The van der Waals surface area contributed by atoms with Crippen molar-refractivity contribution in [1.82, 2.24) is 40.4 Å². The van der Waals surface area contributed by atoms with Crippen LogP contribution in [0.5, 0.6) is 5.75 Å². The molecule has 3 aliphatic heterocycles. The number of carbonyl (C=O) groups excluding carboxylic acids is 4. The van der Waals surface area contributed by atoms with Crippen molar-refractivity contribution in [2.45, 2.75) is 116 Å². The van der Waals surface area contributed by atoms with Crippen LogP contribution in [0.4, 0.5) is 9.59 Å². The van der Waals surface area contributed by atoms with Gasteiger partial charge in [0.2, 0.25) is 29.3 Å². The number of carbonyl (C=O) groups is 4. The number of aromatic nitrogens is 4. The number of nitrogens with zero attached hydrogens (tertiary/aromatic N) is 4. The Bertz CT molecular complexity index is 2580. The van der Waals surface area contributed by atoms with E-state index in [1.165, 1.54) is 27.1 Å². The van der Waals surface area contributed by atoms with Crippen molar-refractivity contribution in [3.8, 4) is 39.6 Å². The van der Waals surface area contributed by atoms with Crippen molar-refractivity contribution in [1.29, 1.82) is 0 Å². The van der Waals surface area contributed by atoms with Crippen LogP contribution in [0.1, 0.15) is 85.0 Å². The van der Waals surface area contributed by atoms with Crippen molar-refractivity contribution in [2.24, 2.45) is 0 Å². The van der Waals surface area contributed by atoms with E-state index in [0.29, 0.717) is 41.7 Å². The zero-order chi connectivity index (χ0) is 52.5. The summed E-state index contributed by atoms with van der Waals surface area (Å²) in [5, 5.41) is 46.1. The highest BCUT2D eigenvalue weighted by molar-refractivity contribution is 5.87. The molecule has 22 nitrogen and oxygen atoms in total. The maximum atomic E-state index is 14.3. The number of benzene rings is 2. The van der Waals surface area contributed by atoms with E-state index in [1.54, 1.807) is 71.0 Å². The molecule has 3 aromatic heterocycles. The number of hydrogen-bond acceptors (Lipinski definition) is 16. The fourth-order valence-corrected chi connectivity index (χ4v) is 8.09. The van der Waals surface area contributed by atoms with Gasteiger partial charge in [0.1, 0.15) is 48.9 Å². The lowest BCUT2D eigenvalue weighted by Crippen LogP contribution is -2.60. The standard InChI is InChI=1S/C35H36N6O11.C9H16N2O3.2C3H8/c1-49-35(48)38-14-26(43)41-10-2-3-23(41)33-37-13-22(40-33)19-8-9-24-20(11-19)27(44)32(52-34-30(47)29(46)28(45)25(15-42)51-34)31(50-24)18-6-4-17(5-7-18)21-12-36-16-39-21;1-7-4-3-5-11(7)8(12)6-10-9(13)14-2;2*1-3-2/h4-9,11-13,16,23,25,28-30,34,42,45-47H,2-3,10,14-15H2,1H3,(H,36,39)(H,37,40)(H,38,48);7H,3-6H2,1-2H3,(H,10,13);2*3H2,1-2H3/t23-,25?,28?,29?,30?,34?;7-;;/m01../s1. The number of amides is 4. The second-order valence-electron chi connectivity index (χ2n) is 17.3. The predicted molar refractivity (Wildman–Crippen MR) is 264 cm³/mol. The van der Waals surface area contributed by atoms with Crippen LogP contribution in [0.3, 0.4) is 0 Å². The molecular weight excluding hydrogens is 937 g/mol. The van der Waals surface area contributed by atoms with E-state index >= 15 is 0 Å². The molecule has 0 aliphatic carbocycles. The molecule has 0 radical (unpaired) electrons. The van der Waals surface area contributed by atoms with Gasteiger partial charge in [0, 0.05) is 30.3 Å². The molecule has 8 N–H and O–H groups in total. The summed E-state index contributed by atoms with van der Waals surface area (Å²) in [5.41, 5.74) is 2.73. The summed E-state index contributed by atoms with van der Waals surface area (Å²) in [7, 11) is 2.49. The molecule has 3 saturated heterocycles. The molecule has 0 bridgehead atoms. The second-order valence-corrected chi connectivity index (χ2v) is 17.3. The summed E-state index contributed by atoms with van der Waals surface area (Å²) >= 11 is 0. The molecule has 8 rings (SSSR count). The van der Waals surface area contributed by atoms with Crippen LogP contribution in [0.15, 0.2) is 70.4 Å². The zero-order valence-corrected chi connectivity index (χ0v) is 41.8. The fourth-order valence-electron chi connectivity index (χ4n) is 8.09. The van der Waals surface area contributed by atoms with E-state index in [4.69, 9.17) is 13.9 Å². The van der Waals surface area contributed by atoms with E-state index in [0.717, 1.165) is 37.1 Å². The maximum absolute atomic E-state index is 14.3. The van der Waals surface area contributed by atoms with E-state index < -0.39 is 54.9 Å². The van der Waals surface area contributed by atoms with E-state index in [2.05, 4.69) is 67.7 Å². The lowest BCUT2D eigenvalue weighted by Gasteiger charge is -2.39. The highest BCUT2D eigenvalue weighted by Crippen LogP contribution is 2.36. The number of aromatic amines is 2. The number of imidazole rings is 2. The Balaban J connectivity index is 0.000000405. The van der Waals surface area contributed by atoms with Crippen LogP contribution < -0.4 is 20.8 Å². The van der Waals surface area contributed by atoms with Crippen molar-refractivity contribution in [2.75, 3.05) is 47.0 Å². The average Bonchev–Trinajstić information content (AvgIpc) is 4.25. The first-order valence-corrected chi connectivity index (χ1v) is 24.1. The highest BCUT2D eigenvalue weighted by Gasteiger charge is 2.45. The SMILES string of the molecule is CCC.CCC.COC(=O)NCC(=O)N1CCC[C@H]1C.COC(=O)NCC(=O)N1CCC[C@H]1c1ncc(-c2ccc3oc(-c4ccc(-c5cnc[nH]5)cc4)c(OC4OC(CO)C(O)C(O)C4O)c(=O)c3c2)[nH]1. The van der Waals surface area contributed by atoms with Gasteiger partial charge in [-0.15, -0.1) is 0 Å². The normalized spacial score (nSPS) is 21.2. The number of methoxy groups -OCH3 is 2. The van der Waals surface area contributed by atoms with Gasteiger partial charge in [-0.05, 0) is 56.4 Å². The van der Waals surface area contributed by atoms with Gasteiger partial charge in [-0.1, -0.05) is 64.8 Å². The number of aliphatic hydroxyl groups excluding tert-OH is 4. The molecule has 2 aromatic carbocycles. The largest absolute Gasteiger partial charge is 0.454 e. The van der Waals surface area contributed by atoms with Gasteiger partial charge in [0.25, 0.3) is 0 Å². The number of hydrogen-bond donors (Lipinski definition) is 8. The van der Waals surface area contributed by atoms with Crippen molar-refractivity contribution < 1.29 is 63.0 Å². The van der Waals surface area contributed by atoms with Crippen LogP contribution in [-0.4, -0.2) is 158 Å². The van der Waals surface area contributed by atoms with Gasteiger partial charge >= 0.3 is 12.2 Å². The monoisotopic (exact) mass is 1000 g/mol. The van der Waals surface area contributed by atoms with E-state index in [1.807, 2.05) is 6.92 Å². The smallest absolute Gasteiger partial charge is 0.407 e. The van der Waals surface area contributed by atoms with Crippen LogP contribution in [-0.2, 0) is 23.8 Å². The third kappa shape index (κ3) is 14.0. The van der Waals surface area contributed by atoms with Crippen LogP contribution >= 0.6 is 0 Å².